The van der Waals surface area contributed by atoms with Crippen LogP contribution >= 0.6 is 0 Å². The molecule has 1 saturated carbocycles. The van der Waals surface area contributed by atoms with Crippen LogP contribution in [-0.4, -0.2) is 71.8 Å². The molecule has 0 unspecified atom stereocenters. The summed E-state index contributed by atoms with van der Waals surface area (Å²) in [7, 11) is 0.279. The fourth-order valence-electron chi connectivity index (χ4n) is 3.72. The van der Waals surface area contributed by atoms with E-state index in [1.54, 1.807) is 6.33 Å². The number of rotatable bonds is 7. The Kier molecular flexibility index (Phi) is 5.79. The van der Waals surface area contributed by atoms with Crippen molar-refractivity contribution in [3.05, 3.63) is 18.6 Å². The molecule has 1 aliphatic carbocycles. The molecule has 8 nitrogen and oxygen atoms in total. The summed E-state index contributed by atoms with van der Waals surface area (Å²) < 4.78 is 25.9. The van der Waals surface area contributed by atoms with Gasteiger partial charge in [-0.05, 0) is 37.7 Å². The first-order valence-electron chi connectivity index (χ1n) is 8.98. The molecule has 9 heteroatoms. The normalized spacial score (nSPS) is 21.4. The standard InChI is InChI=1S/C17H27N5O3S/c1-21(9-10-23)26(24,25)11-13-3-5-14(6-4-13)22(2)17-15-7-8-18-16(15)19-12-20-17/h7-8,12-14,23H,3-6,9-11H2,1-2H3,(H,18,19,20). The van der Waals surface area contributed by atoms with Crippen molar-refractivity contribution in [2.45, 2.75) is 31.7 Å². The van der Waals surface area contributed by atoms with Crippen LogP contribution in [-0.2, 0) is 10.0 Å². The summed E-state index contributed by atoms with van der Waals surface area (Å²) in [5, 5.41) is 9.95. The lowest BCUT2D eigenvalue weighted by atomic mass is 9.86. The molecule has 0 spiro atoms. The van der Waals surface area contributed by atoms with E-state index >= 15 is 0 Å². The maximum absolute atomic E-state index is 12.3. The van der Waals surface area contributed by atoms with Crippen LogP contribution in [0.5, 0.6) is 0 Å². The van der Waals surface area contributed by atoms with E-state index in [2.05, 4.69) is 19.9 Å². The minimum Gasteiger partial charge on any atom is -0.395 e. The summed E-state index contributed by atoms with van der Waals surface area (Å²) in [6, 6.07) is 2.33. The average molecular weight is 382 g/mol. The van der Waals surface area contributed by atoms with Gasteiger partial charge in [0.15, 0.2) is 0 Å². The molecule has 0 amide bonds. The average Bonchev–Trinajstić information content (AvgIpc) is 3.10. The number of aliphatic hydroxyl groups excluding tert-OH is 1. The van der Waals surface area contributed by atoms with Gasteiger partial charge in [0.2, 0.25) is 10.0 Å². The summed E-state index contributed by atoms with van der Waals surface area (Å²) >= 11 is 0. The van der Waals surface area contributed by atoms with Gasteiger partial charge in [0.05, 0.1) is 17.7 Å². The first-order valence-corrected chi connectivity index (χ1v) is 10.6. The fraction of sp³-hybridized carbons (Fsp3) is 0.647. The van der Waals surface area contributed by atoms with Crippen LogP contribution < -0.4 is 4.90 Å². The van der Waals surface area contributed by atoms with E-state index in [0.29, 0.717) is 6.04 Å². The second kappa shape index (κ2) is 7.89. The molecule has 144 valence electrons. The number of sulfonamides is 1. The lowest BCUT2D eigenvalue weighted by Gasteiger charge is -2.35. The van der Waals surface area contributed by atoms with E-state index in [9.17, 15) is 8.42 Å². The van der Waals surface area contributed by atoms with Gasteiger partial charge in [-0.25, -0.2) is 22.7 Å². The second-order valence-electron chi connectivity index (χ2n) is 7.05. The van der Waals surface area contributed by atoms with Crippen molar-refractivity contribution in [3.63, 3.8) is 0 Å². The monoisotopic (exact) mass is 381 g/mol. The summed E-state index contributed by atoms with van der Waals surface area (Å²) in [5.41, 5.74) is 0.827. The summed E-state index contributed by atoms with van der Waals surface area (Å²) in [6.07, 6.45) is 7.07. The quantitative estimate of drug-likeness (QED) is 0.747. The van der Waals surface area contributed by atoms with Crippen molar-refractivity contribution in [3.8, 4) is 0 Å². The lowest BCUT2D eigenvalue weighted by molar-refractivity contribution is 0.265. The number of nitrogens with zero attached hydrogens (tertiary/aromatic N) is 4. The zero-order valence-corrected chi connectivity index (χ0v) is 16.1. The lowest BCUT2D eigenvalue weighted by Crippen LogP contribution is -2.39. The molecule has 0 radical (unpaired) electrons. The Balaban J connectivity index is 1.61. The molecular weight excluding hydrogens is 354 g/mol. The SMILES string of the molecule is CN(c1ncnc2[nH]ccc12)C1CCC(CS(=O)(=O)N(C)CCO)CC1. The third kappa shape index (κ3) is 3.99. The van der Waals surface area contributed by atoms with Gasteiger partial charge < -0.3 is 15.0 Å². The highest BCUT2D eigenvalue weighted by Gasteiger charge is 2.30. The van der Waals surface area contributed by atoms with Crippen molar-refractivity contribution in [2.75, 3.05) is 37.9 Å². The van der Waals surface area contributed by atoms with Crippen LogP contribution in [0.2, 0.25) is 0 Å². The summed E-state index contributed by atoms with van der Waals surface area (Å²) in [6.45, 7) is 0.000610. The Bertz CT molecular complexity index is 830. The molecule has 2 heterocycles. The summed E-state index contributed by atoms with van der Waals surface area (Å²) in [5.74, 6) is 1.24. The van der Waals surface area contributed by atoms with E-state index < -0.39 is 10.0 Å². The number of hydrogen-bond donors (Lipinski definition) is 2. The van der Waals surface area contributed by atoms with Crippen molar-refractivity contribution >= 4 is 26.9 Å². The molecule has 3 rings (SSSR count). The molecule has 0 aromatic carbocycles. The summed E-state index contributed by atoms with van der Waals surface area (Å²) in [4.78, 5) is 14.0. The van der Waals surface area contributed by atoms with E-state index in [1.807, 2.05) is 19.3 Å². The van der Waals surface area contributed by atoms with E-state index in [-0.39, 0.29) is 24.8 Å². The Morgan fingerprint density at radius 3 is 2.65 bits per heavy atom. The Morgan fingerprint density at radius 1 is 1.23 bits per heavy atom. The molecule has 2 N–H and O–H groups in total. The Morgan fingerprint density at radius 2 is 1.96 bits per heavy atom. The third-order valence-electron chi connectivity index (χ3n) is 5.37. The van der Waals surface area contributed by atoms with Crippen LogP contribution in [0.15, 0.2) is 18.6 Å². The first-order chi connectivity index (χ1) is 12.4. The number of aromatic amines is 1. The van der Waals surface area contributed by atoms with Crippen LogP contribution in [0.1, 0.15) is 25.7 Å². The predicted octanol–water partition coefficient (Wildman–Crippen LogP) is 1.21. The van der Waals surface area contributed by atoms with Gasteiger partial charge >= 0.3 is 0 Å². The second-order valence-corrected chi connectivity index (χ2v) is 9.17. The predicted molar refractivity (Wildman–Crippen MR) is 102 cm³/mol. The number of aromatic nitrogens is 3. The zero-order valence-electron chi connectivity index (χ0n) is 15.3. The zero-order chi connectivity index (χ0) is 18.7. The highest BCUT2D eigenvalue weighted by molar-refractivity contribution is 7.89. The minimum atomic E-state index is -3.30. The maximum atomic E-state index is 12.3. The molecule has 2 aromatic rings. The number of likely N-dealkylation sites (N-methyl/N-ethyl adjacent to an activating group) is 1. The van der Waals surface area contributed by atoms with E-state index in [1.165, 1.54) is 11.4 Å². The molecule has 1 fully saturated rings. The van der Waals surface area contributed by atoms with Gasteiger partial charge in [-0.15, -0.1) is 0 Å². The van der Waals surface area contributed by atoms with Crippen molar-refractivity contribution in [1.82, 2.24) is 19.3 Å². The first kappa shape index (κ1) is 19.1. The number of aliphatic hydroxyl groups is 1. The third-order valence-corrected chi connectivity index (χ3v) is 7.39. The van der Waals surface area contributed by atoms with Gasteiger partial charge in [-0.2, -0.15) is 0 Å². The molecule has 26 heavy (non-hydrogen) atoms. The van der Waals surface area contributed by atoms with Crippen LogP contribution in [0.3, 0.4) is 0 Å². The Labute approximate surface area is 154 Å². The Hall–Kier alpha value is -1.71. The molecule has 0 aliphatic heterocycles. The maximum Gasteiger partial charge on any atom is 0.214 e. The smallest absolute Gasteiger partial charge is 0.214 e. The molecule has 0 saturated heterocycles. The number of H-pyrrole nitrogens is 1. The number of fused-ring (bicyclic) bond motifs is 1. The van der Waals surface area contributed by atoms with Gasteiger partial charge in [-0.1, -0.05) is 0 Å². The topological polar surface area (TPSA) is 102 Å². The molecule has 2 aromatic heterocycles. The molecule has 1 aliphatic rings. The highest BCUT2D eigenvalue weighted by atomic mass is 32.2. The molecular formula is C17H27N5O3S. The minimum absolute atomic E-state index is 0.153. The number of hydrogen-bond acceptors (Lipinski definition) is 6. The van der Waals surface area contributed by atoms with Gasteiger partial charge in [0.25, 0.3) is 0 Å². The van der Waals surface area contributed by atoms with E-state index in [0.717, 1.165) is 42.5 Å². The number of nitrogens with one attached hydrogen (secondary N) is 1. The largest absolute Gasteiger partial charge is 0.395 e. The van der Waals surface area contributed by atoms with Gasteiger partial charge in [0, 0.05) is 32.9 Å². The van der Waals surface area contributed by atoms with Crippen LogP contribution in [0.4, 0.5) is 5.82 Å². The fourth-order valence-corrected chi connectivity index (χ4v) is 5.26. The van der Waals surface area contributed by atoms with Crippen LogP contribution in [0.25, 0.3) is 11.0 Å². The van der Waals surface area contributed by atoms with Gasteiger partial charge in [0.1, 0.15) is 17.8 Å². The van der Waals surface area contributed by atoms with Gasteiger partial charge in [-0.3, -0.25) is 0 Å². The molecule has 0 atom stereocenters. The number of anilines is 1. The van der Waals surface area contributed by atoms with Crippen molar-refractivity contribution in [1.29, 1.82) is 0 Å². The molecule has 0 bridgehead atoms. The van der Waals surface area contributed by atoms with Crippen molar-refractivity contribution in [2.24, 2.45) is 5.92 Å². The van der Waals surface area contributed by atoms with Crippen LogP contribution in [0, 0.1) is 5.92 Å². The van der Waals surface area contributed by atoms with Crippen molar-refractivity contribution < 1.29 is 13.5 Å². The van der Waals surface area contributed by atoms with E-state index in [4.69, 9.17) is 5.11 Å². The highest BCUT2D eigenvalue weighted by Crippen LogP contribution is 2.32.